The molecule has 2 rings (SSSR count). The lowest BCUT2D eigenvalue weighted by Crippen LogP contribution is -2.39. The van der Waals surface area contributed by atoms with Crippen LogP contribution in [0.4, 0.5) is 0 Å². The number of likely N-dealkylation sites (N-methyl/N-ethyl adjacent to an activating group) is 1. The Bertz CT molecular complexity index is 330. The molecule has 0 aromatic heterocycles. The van der Waals surface area contributed by atoms with Crippen molar-refractivity contribution in [2.45, 2.75) is 26.2 Å². The van der Waals surface area contributed by atoms with Crippen molar-refractivity contribution >= 4 is 6.47 Å². The van der Waals surface area contributed by atoms with E-state index in [-0.39, 0.29) is 0 Å². The third kappa shape index (κ3) is 7.16. The standard InChI is InChI=1S/C17H34N4O2/c1-2-18-6-3-7-20-9-4-8-19(13-12-18)10-5-11-21(15-14-20)16-23-17-22/h17H,2-16H2,1H3. The maximum absolute atomic E-state index is 10.5. The lowest BCUT2D eigenvalue weighted by molar-refractivity contribution is -0.133. The Labute approximate surface area is 141 Å². The van der Waals surface area contributed by atoms with Crippen LogP contribution in [-0.4, -0.2) is 105 Å². The summed E-state index contributed by atoms with van der Waals surface area (Å²) in [5.41, 5.74) is 0. The molecule has 6 nitrogen and oxygen atoms in total. The summed E-state index contributed by atoms with van der Waals surface area (Å²) in [6.07, 6.45) is 3.66. The van der Waals surface area contributed by atoms with E-state index in [9.17, 15) is 4.79 Å². The molecule has 2 atom stereocenters. The van der Waals surface area contributed by atoms with Crippen LogP contribution in [-0.2, 0) is 9.53 Å². The van der Waals surface area contributed by atoms with Crippen LogP contribution in [0, 0.1) is 0 Å². The number of rotatable bonds is 4. The molecule has 23 heavy (non-hydrogen) atoms. The molecule has 2 aliphatic rings. The van der Waals surface area contributed by atoms with Gasteiger partial charge in [0.15, 0.2) is 0 Å². The van der Waals surface area contributed by atoms with Crippen LogP contribution in [0.3, 0.4) is 0 Å². The van der Waals surface area contributed by atoms with E-state index in [1.807, 2.05) is 0 Å². The Kier molecular flexibility index (Phi) is 8.89. The van der Waals surface area contributed by atoms with Gasteiger partial charge in [0.2, 0.25) is 0 Å². The highest BCUT2D eigenvalue weighted by atomic mass is 16.5. The third-order valence-electron chi connectivity index (χ3n) is 5.08. The maximum atomic E-state index is 10.5. The molecule has 0 spiro atoms. The van der Waals surface area contributed by atoms with E-state index in [2.05, 4.69) is 26.5 Å². The van der Waals surface area contributed by atoms with Gasteiger partial charge >= 0.3 is 0 Å². The fourth-order valence-electron chi connectivity index (χ4n) is 3.60. The fraction of sp³-hybridized carbons (Fsp3) is 0.941. The van der Waals surface area contributed by atoms with Crippen molar-refractivity contribution in [1.29, 1.82) is 0 Å². The van der Waals surface area contributed by atoms with Gasteiger partial charge in [0.1, 0.15) is 6.73 Å². The van der Waals surface area contributed by atoms with E-state index in [1.54, 1.807) is 0 Å². The molecule has 2 bridgehead atoms. The highest BCUT2D eigenvalue weighted by Crippen LogP contribution is 2.06. The number of carbonyl (C=O) groups is 1. The quantitative estimate of drug-likeness (QED) is 0.703. The minimum Gasteiger partial charge on any atom is -0.452 e. The average Bonchev–Trinajstić information content (AvgIpc) is 2.64. The molecular weight excluding hydrogens is 292 g/mol. The van der Waals surface area contributed by atoms with Crippen LogP contribution < -0.4 is 0 Å². The number of nitrogens with zero attached hydrogens (tertiary/aromatic N) is 4. The minimum atomic E-state index is 0.432. The van der Waals surface area contributed by atoms with E-state index in [1.165, 1.54) is 52.1 Å². The first-order valence-corrected chi connectivity index (χ1v) is 9.26. The van der Waals surface area contributed by atoms with Gasteiger partial charge in [0.05, 0.1) is 0 Å². The van der Waals surface area contributed by atoms with Crippen molar-refractivity contribution in [3.63, 3.8) is 0 Å². The van der Waals surface area contributed by atoms with E-state index in [0.717, 1.165) is 39.1 Å². The second-order valence-electron chi connectivity index (χ2n) is 6.69. The van der Waals surface area contributed by atoms with E-state index < -0.39 is 0 Å². The summed E-state index contributed by atoms with van der Waals surface area (Å²) < 4.78 is 4.99. The van der Waals surface area contributed by atoms with Crippen LogP contribution in [0.1, 0.15) is 26.2 Å². The van der Waals surface area contributed by atoms with Gasteiger partial charge in [-0.25, -0.2) is 0 Å². The van der Waals surface area contributed by atoms with E-state index >= 15 is 0 Å². The predicted molar refractivity (Wildman–Crippen MR) is 92.4 cm³/mol. The Morgan fingerprint density at radius 3 is 1.83 bits per heavy atom. The number of carbonyl (C=O) groups excluding carboxylic acids is 1. The van der Waals surface area contributed by atoms with Gasteiger partial charge in [-0.2, -0.15) is 0 Å². The maximum Gasteiger partial charge on any atom is 0.294 e. The number of fused-ring (bicyclic) bond motifs is 4. The Hall–Kier alpha value is -0.690. The molecule has 2 heterocycles. The summed E-state index contributed by atoms with van der Waals surface area (Å²) in [7, 11) is 0. The zero-order valence-electron chi connectivity index (χ0n) is 14.8. The highest BCUT2D eigenvalue weighted by Gasteiger charge is 2.16. The summed E-state index contributed by atoms with van der Waals surface area (Å²) in [6, 6.07) is 0. The smallest absolute Gasteiger partial charge is 0.294 e. The molecule has 2 saturated heterocycles. The Morgan fingerprint density at radius 2 is 1.26 bits per heavy atom. The molecule has 0 radical (unpaired) electrons. The molecule has 0 N–H and O–H groups in total. The van der Waals surface area contributed by atoms with Crippen molar-refractivity contribution in [3.05, 3.63) is 0 Å². The van der Waals surface area contributed by atoms with Crippen molar-refractivity contribution in [1.82, 2.24) is 19.6 Å². The summed E-state index contributed by atoms with van der Waals surface area (Å²) in [5.74, 6) is 0. The van der Waals surface area contributed by atoms with Crippen molar-refractivity contribution in [2.75, 3.05) is 78.7 Å². The van der Waals surface area contributed by atoms with Crippen LogP contribution in [0.2, 0.25) is 0 Å². The molecule has 2 aliphatic heterocycles. The predicted octanol–water partition coefficient (Wildman–Crippen LogP) is 0.542. The lowest BCUT2D eigenvalue weighted by Gasteiger charge is -2.28. The number of hydrogen-bond donors (Lipinski definition) is 0. The van der Waals surface area contributed by atoms with Crippen LogP contribution in [0.15, 0.2) is 0 Å². The summed E-state index contributed by atoms with van der Waals surface area (Å²) in [4.78, 5) is 20.6. The van der Waals surface area contributed by atoms with Gasteiger partial charge in [-0.15, -0.1) is 0 Å². The first kappa shape index (κ1) is 18.6. The molecule has 0 aromatic carbocycles. The van der Waals surface area contributed by atoms with Gasteiger partial charge in [-0.1, -0.05) is 6.92 Å². The Morgan fingerprint density at radius 1 is 0.739 bits per heavy atom. The van der Waals surface area contributed by atoms with Crippen molar-refractivity contribution < 1.29 is 9.53 Å². The van der Waals surface area contributed by atoms with Gasteiger partial charge in [0.25, 0.3) is 6.47 Å². The first-order valence-electron chi connectivity index (χ1n) is 9.26. The molecule has 2 fully saturated rings. The highest BCUT2D eigenvalue weighted by molar-refractivity contribution is 5.36. The molecule has 0 saturated carbocycles. The minimum absolute atomic E-state index is 0.432. The van der Waals surface area contributed by atoms with E-state index in [4.69, 9.17) is 4.74 Å². The zero-order chi connectivity index (χ0) is 16.3. The SMILES string of the molecule is CCN1CCCN2CCCN(CCCN(COC=O)CC2)CC1. The third-order valence-corrected chi connectivity index (χ3v) is 5.08. The van der Waals surface area contributed by atoms with Gasteiger partial charge in [-0.3, -0.25) is 9.69 Å². The van der Waals surface area contributed by atoms with Crippen LogP contribution in [0.5, 0.6) is 0 Å². The second-order valence-corrected chi connectivity index (χ2v) is 6.69. The lowest BCUT2D eigenvalue weighted by atomic mass is 10.3. The first-order chi connectivity index (χ1) is 11.3. The molecule has 6 heteroatoms. The second kappa shape index (κ2) is 11.0. The van der Waals surface area contributed by atoms with Gasteiger partial charge in [-0.05, 0) is 58.5 Å². The zero-order valence-corrected chi connectivity index (χ0v) is 14.8. The fourth-order valence-corrected chi connectivity index (χ4v) is 3.60. The summed E-state index contributed by atoms with van der Waals surface area (Å²) >= 11 is 0. The van der Waals surface area contributed by atoms with Gasteiger partial charge < -0.3 is 19.4 Å². The molecule has 0 aliphatic carbocycles. The average molecular weight is 326 g/mol. The molecule has 134 valence electrons. The molecule has 2 unspecified atom stereocenters. The Balaban J connectivity index is 1.97. The molecular formula is C17H34N4O2. The summed E-state index contributed by atoms with van der Waals surface area (Å²) in [6.45, 7) is 15.8. The molecule has 0 amide bonds. The van der Waals surface area contributed by atoms with Crippen LogP contribution >= 0.6 is 0 Å². The number of ether oxygens (including phenoxy) is 1. The topological polar surface area (TPSA) is 39.3 Å². The van der Waals surface area contributed by atoms with Crippen LogP contribution in [0.25, 0.3) is 0 Å². The monoisotopic (exact) mass is 326 g/mol. The number of hydrogen-bond acceptors (Lipinski definition) is 6. The summed E-state index contributed by atoms with van der Waals surface area (Å²) in [5, 5.41) is 0. The van der Waals surface area contributed by atoms with E-state index in [0.29, 0.717) is 13.2 Å². The van der Waals surface area contributed by atoms with Gasteiger partial charge in [0, 0.05) is 32.7 Å². The molecule has 0 aromatic rings. The largest absolute Gasteiger partial charge is 0.452 e. The van der Waals surface area contributed by atoms with Crippen molar-refractivity contribution in [2.24, 2.45) is 0 Å². The normalized spacial score (nSPS) is 29.6. The van der Waals surface area contributed by atoms with Crippen molar-refractivity contribution in [3.8, 4) is 0 Å².